The van der Waals surface area contributed by atoms with Crippen molar-refractivity contribution in [3.05, 3.63) is 35.9 Å². The predicted octanol–water partition coefficient (Wildman–Crippen LogP) is 2.37. The number of hydrogen-bond donors (Lipinski definition) is 1. The smallest absolute Gasteiger partial charge is 0.125 e. The number of rotatable bonds is 2. The molecule has 4 heteroatoms. The van der Waals surface area contributed by atoms with Gasteiger partial charge in [-0.25, -0.2) is 4.39 Å². The third-order valence-corrected chi connectivity index (χ3v) is 2.54. The van der Waals surface area contributed by atoms with Crippen molar-refractivity contribution in [1.82, 2.24) is 9.78 Å². The molecule has 0 amide bonds. The van der Waals surface area contributed by atoms with E-state index < -0.39 is 0 Å². The fourth-order valence-corrected chi connectivity index (χ4v) is 1.80. The zero-order valence-corrected chi connectivity index (χ0v) is 9.37. The van der Waals surface area contributed by atoms with E-state index in [2.05, 4.69) is 5.10 Å². The van der Waals surface area contributed by atoms with E-state index in [1.165, 1.54) is 12.1 Å². The number of hydrogen-bond acceptors (Lipinski definition) is 2. The molecule has 1 heterocycles. The van der Waals surface area contributed by atoms with Gasteiger partial charge in [0.05, 0.1) is 5.69 Å². The summed E-state index contributed by atoms with van der Waals surface area (Å²) in [5, 5.41) is 4.34. The lowest BCUT2D eigenvalue weighted by Crippen LogP contribution is -1.93. The average Bonchev–Trinajstić information content (AvgIpc) is 2.59. The highest BCUT2D eigenvalue weighted by atomic mass is 19.1. The standard InChI is InChI=1S/C12H14FN3/c1-3-12-10(7-16(2)15-12)9-5-4-8(13)6-11(9)14/h4-7H,3,14H2,1-2H3. The van der Waals surface area contributed by atoms with Crippen molar-refractivity contribution in [3.8, 4) is 11.1 Å². The monoisotopic (exact) mass is 219 g/mol. The molecule has 1 aromatic heterocycles. The molecule has 3 nitrogen and oxygen atoms in total. The van der Waals surface area contributed by atoms with Crippen molar-refractivity contribution in [2.75, 3.05) is 5.73 Å². The topological polar surface area (TPSA) is 43.8 Å². The second-order valence-electron chi connectivity index (χ2n) is 3.75. The number of benzene rings is 1. The Hall–Kier alpha value is -1.84. The van der Waals surface area contributed by atoms with E-state index in [-0.39, 0.29) is 5.82 Å². The lowest BCUT2D eigenvalue weighted by molar-refractivity contribution is 0.628. The molecule has 0 saturated heterocycles. The van der Waals surface area contributed by atoms with Crippen molar-refractivity contribution in [2.45, 2.75) is 13.3 Å². The predicted molar refractivity (Wildman–Crippen MR) is 62.4 cm³/mol. The van der Waals surface area contributed by atoms with Gasteiger partial charge < -0.3 is 5.73 Å². The number of nitrogen functional groups attached to an aromatic ring is 1. The first-order valence-corrected chi connectivity index (χ1v) is 5.19. The minimum absolute atomic E-state index is 0.316. The van der Waals surface area contributed by atoms with Gasteiger partial charge in [0.1, 0.15) is 5.82 Å². The van der Waals surface area contributed by atoms with Gasteiger partial charge in [-0.15, -0.1) is 0 Å². The van der Waals surface area contributed by atoms with Gasteiger partial charge in [-0.3, -0.25) is 4.68 Å². The summed E-state index contributed by atoms with van der Waals surface area (Å²) in [5.74, 6) is -0.316. The van der Waals surface area contributed by atoms with Crippen LogP contribution in [0.2, 0.25) is 0 Å². The molecule has 16 heavy (non-hydrogen) atoms. The Bertz CT molecular complexity index is 517. The molecule has 2 rings (SSSR count). The third kappa shape index (κ3) is 1.78. The Kier molecular flexibility index (Phi) is 2.64. The van der Waals surface area contributed by atoms with E-state index in [0.29, 0.717) is 5.69 Å². The summed E-state index contributed by atoms with van der Waals surface area (Å²) < 4.78 is 14.7. The number of aryl methyl sites for hydroxylation is 2. The molecule has 0 radical (unpaired) electrons. The van der Waals surface area contributed by atoms with E-state index in [1.54, 1.807) is 10.7 Å². The Morgan fingerprint density at radius 3 is 2.75 bits per heavy atom. The van der Waals surface area contributed by atoms with Gasteiger partial charge in [0.25, 0.3) is 0 Å². The van der Waals surface area contributed by atoms with Crippen LogP contribution in [-0.4, -0.2) is 9.78 Å². The first-order valence-electron chi connectivity index (χ1n) is 5.19. The van der Waals surface area contributed by atoms with Crippen LogP contribution in [-0.2, 0) is 13.5 Å². The molecular weight excluding hydrogens is 205 g/mol. The van der Waals surface area contributed by atoms with Crippen LogP contribution in [0.4, 0.5) is 10.1 Å². The van der Waals surface area contributed by atoms with Gasteiger partial charge in [0, 0.05) is 30.1 Å². The van der Waals surface area contributed by atoms with E-state index in [1.807, 2.05) is 20.2 Å². The van der Waals surface area contributed by atoms with Gasteiger partial charge in [0.2, 0.25) is 0 Å². The van der Waals surface area contributed by atoms with Crippen LogP contribution >= 0.6 is 0 Å². The molecule has 2 aromatic rings. The normalized spacial score (nSPS) is 10.7. The quantitative estimate of drug-likeness (QED) is 0.788. The molecule has 1 aromatic carbocycles. The molecule has 2 N–H and O–H groups in total. The van der Waals surface area contributed by atoms with Crippen LogP contribution in [0.1, 0.15) is 12.6 Å². The van der Waals surface area contributed by atoms with Crippen LogP contribution in [0.25, 0.3) is 11.1 Å². The minimum atomic E-state index is -0.316. The number of nitrogens with zero attached hydrogens (tertiary/aromatic N) is 2. The number of aromatic nitrogens is 2. The van der Waals surface area contributed by atoms with E-state index in [4.69, 9.17) is 5.73 Å². The van der Waals surface area contributed by atoms with E-state index in [9.17, 15) is 4.39 Å². The second kappa shape index (κ2) is 3.96. The molecule has 0 atom stereocenters. The molecule has 0 saturated carbocycles. The van der Waals surface area contributed by atoms with E-state index in [0.717, 1.165) is 23.2 Å². The van der Waals surface area contributed by atoms with Gasteiger partial charge in [-0.2, -0.15) is 5.10 Å². The summed E-state index contributed by atoms with van der Waals surface area (Å²) in [7, 11) is 1.86. The van der Waals surface area contributed by atoms with Crippen molar-refractivity contribution in [2.24, 2.45) is 7.05 Å². The maximum Gasteiger partial charge on any atom is 0.125 e. The van der Waals surface area contributed by atoms with Crippen LogP contribution in [0.3, 0.4) is 0 Å². The average molecular weight is 219 g/mol. The highest BCUT2D eigenvalue weighted by molar-refractivity contribution is 5.77. The Morgan fingerprint density at radius 1 is 1.38 bits per heavy atom. The van der Waals surface area contributed by atoms with Crippen LogP contribution < -0.4 is 5.73 Å². The van der Waals surface area contributed by atoms with Gasteiger partial charge in [-0.05, 0) is 24.6 Å². The maximum atomic E-state index is 13.0. The third-order valence-electron chi connectivity index (χ3n) is 2.54. The zero-order chi connectivity index (χ0) is 11.7. The van der Waals surface area contributed by atoms with Crippen molar-refractivity contribution >= 4 is 5.69 Å². The summed E-state index contributed by atoms with van der Waals surface area (Å²) in [6, 6.07) is 4.45. The number of anilines is 1. The lowest BCUT2D eigenvalue weighted by Gasteiger charge is -2.04. The molecule has 0 spiro atoms. The zero-order valence-electron chi connectivity index (χ0n) is 9.37. The first kappa shape index (κ1) is 10.7. The number of halogens is 1. The maximum absolute atomic E-state index is 13.0. The minimum Gasteiger partial charge on any atom is -0.398 e. The van der Waals surface area contributed by atoms with Crippen LogP contribution in [0.15, 0.2) is 24.4 Å². The molecule has 0 bridgehead atoms. The summed E-state index contributed by atoms with van der Waals surface area (Å²) in [6.07, 6.45) is 2.73. The second-order valence-corrected chi connectivity index (χ2v) is 3.75. The Labute approximate surface area is 93.7 Å². The van der Waals surface area contributed by atoms with Crippen molar-refractivity contribution in [3.63, 3.8) is 0 Å². The molecule has 0 aliphatic rings. The molecule has 0 aliphatic heterocycles. The lowest BCUT2D eigenvalue weighted by atomic mass is 10.0. The highest BCUT2D eigenvalue weighted by Gasteiger charge is 2.11. The largest absolute Gasteiger partial charge is 0.398 e. The fourth-order valence-electron chi connectivity index (χ4n) is 1.80. The Morgan fingerprint density at radius 2 is 2.12 bits per heavy atom. The van der Waals surface area contributed by atoms with Crippen molar-refractivity contribution < 1.29 is 4.39 Å². The first-order chi connectivity index (χ1) is 7.61. The SMILES string of the molecule is CCc1nn(C)cc1-c1ccc(F)cc1N. The highest BCUT2D eigenvalue weighted by Crippen LogP contribution is 2.29. The summed E-state index contributed by atoms with van der Waals surface area (Å²) in [5.41, 5.74) is 9.04. The van der Waals surface area contributed by atoms with Gasteiger partial charge in [0.15, 0.2) is 0 Å². The molecule has 84 valence electrons. The van der Waals surface area contributed by atoms with E-state index >= 15 is 0 Å². The van der Waals surface area contributed by atoms with Crippen LogP contribution in [0.5, 0.6) is 0 Å². The summed E-state index contributed by atoms with van der Waals surface area (Å²) in [4.78, 5) is 0. The van der Waals surface area contributed by atoms with Crippen LogP contribution in [0, 0.1) is 5.82 Å². The fraction of sp³-hybridized carbons (Fsp3) is 0.250. The summed E-state index contributed by atoms with van der Waals surface area (Å²) >= 11 is 0. The van der Waals surface area contributed by atoms with Gasteiger partial charge in [-0.1, -0.05) is 6.92 Å². The Balaban J connectivity index is 2.57. The van der Waals surface area contributed by atoms with Gasteiger partial charge >= 0.3 is 0 Å². The molecule has 0 unspecified atom stereocenters. The van der Waals surface area contributed by atoms with Crippen molar-refractivity contribution in [1.29, 1.82) is 0 Å². The number of nitrogens with two attached hydrogens (primary N) is 1. The molecule has 0 fully saturated rings. The molecular formula is C12H14FN3. The molecule has 0 aliphatic carbocycles. The summed E-state index contributed by atoms with van der Waals surface area (Å²) in [6.45, 7) is 2.03.